The lowest BCUT2D eigenvalue weighted by Gasteiger charge is -2.06. The van der Waals surface area contributed by atoms with Crippen molar-refractivity contribution in [3.8, 4) is 0 Å². The number of aromatic nitrogens is 2. The average Bonchev–Trinajstić information content (AvgIpc) is 3.01. The molecule has 0 atom stereocenters. The molecule has 0 aliphatic heterocycles. The zero-order valence-electron chi connectivity index (χ0n) is 13.6. The lowest BCUT2D eigenvalue weighted by Crippen LogP contribution is -2.28. The Morgan fingerprint density at radius 3 is 2.62 bits per heavy atom. The van der Waals surface area contributed by atoms with Gasteiger partial charge in [0.2, 0.25) is 0 Å². The molecule has 0 aliphatic carbocycles. The minimum absolute atomic E-state index is 0.263. The van der Waals surface area contributed by atoms with Crippen molar-refractivity contribution < 1.29 is 4.79 Å². The summed E-state index contributed by atoms with van der Waals surface area (Å²) in [6.07, 6.45) is 1.85. The zero-order chi connectivity index (χ0) is 16.8. The minimum Gasteiger partial charge on any atom is -0.334 e. The third-order valence-corrected chi connectivity index (χ3v) is 3.61. The second-order valence-electron chi connectivity index (χ2n) is 5.68. The number of aryl methyl sites for hydroxylation is 1. The van der Waals surface area contributed by atoms with Gasteiger partial charge in [-0.15, -0.1) is 0 Å². The summed E-state index contributed by atoms with van der Waals surface area (Å²) in [5, 5.41) is 9.94. The van der Waals surface area contributed by atoms with E-state index in [0.29, 0.717) is 18.9 Å². The Labute approximate surface area is 141 Å². The van der Waals surface area contributed by atoms with Crippen molar-refractivity contribution in [2.45, 2.75) is 20.0 Å². The Morgan fingerprint density at radius 2 is 1.83 bits per heavy atom. The Hall–Kier alpha value is -3.08. The maximum Gasteiger partial charge on any atom is 0.320 e. The predicted molar refractivity (Wildman–Crippen MR) is 94.8 cm³/mol. The molecular weight excluding hydrogens is 300 g/mol. The monoisotopic (exact) mass is 320 g/mol. The van der Waals surface area contributed by atoms with Crippen molar-refractivity contribution in [2.75, 3.05) is 5.32 Å². The van der Waals surface area contributed by atoms with Crippen LogP contribution in [0.1, 0.15) is 16.7 Å². The van der Waals surface area contributed by atoms with E-state index in [4.69, 9.17) is 0 Å². The highest BCUT2D eigenvalue weighted by Crippen LogP contribution is 2.07. The summed E-state index contributed by atoms with van der Waals surface area (Å²) in [5.74, 6) is 0.535. The predicted octanol–water partition coefficient (Wildman–Crippen LogP) is 3.56. The second-order valence-corrected chi connectivity index (χ2v) is 5.68. The van der Waals surface area contributed by atoms with Gasteiger partial charge in [-0.05, 0) is 18.1 Å². The van der Waals surface area contributed by atoms with Gasteiger partial charge in [0, 0.05) is 18.8 Å². The topological polar surface area (TPSA) is 59.0 Å². The normalized spacial score (nSPS) is 10.4. The number of hydrogen-bond donors (Lipinski definition) is 2. The van der Waals surface area contributed by atoms with Gasteiger partial charge in [-0.1, -0.05) is 60.2 Å². The van der Waals surface area contributed by atoms with E-state index in [2.05, 4.69) is 21.8 Å². The number of nitrogens with one attached hydrogen (secondary N) is 2. The van der Waals surface area contributed by atoms with Crippen LogP contribution in [0.5, 0.6) is 0 Å². The summed E-state index contributed by atoms with van der Waals surface area (Å²) in [7, 11) is 0. The maximum atomic E-state index is 12.0. The van der Waals surface area contributed by atoms with Crippen LogP contribution in [0.3, 0.4) is 0 Å². The van der Waals surface area contributed by atoms with Gasteiger partial charge in [-0.3, -0.25) is 10.00 Å². The summed E-state index contributed by atoms with van der Waals surface area (Å²) in [5.41, 5.74) is 3.41. The molecule has 1 heterocycles. The molecule has 2 N–H and O–H groups in total. The van der Waals surface area contributed by atoms with Crippen LogP contribution in [0.2, 0.25) is 0 Å². The third-order valence-electron chi connectivity index (χ3n) is 3.61. The first kappa shape index (κ1) is 15.8. The lowest BCUT2D eigenvalue weighted by molar-refractivity contribution is 0.251. The van der Waals surface area contributed by atoms with Gasteiger partial charge >= 0.3 is 6.03 Å². The van der Waals surface area contributed by atoms with Gasteiger partial charge in [-0.25, -0.2) is 4.79 Å². The van der Waals surface area contributed by atoms with E-state index in [1.165, 1.54) is 5.56 Å². The molecule has 0 bridgehead atoms. The highest BCUT2D eigenvalue weighted by molar-refractivity contribution is 5.88. The van der Waals surface area contributed by atoms with E-state index in [1.807, 2.05) is 61.7 Å². The SMILES string of the molecule is Cc1cccc(CNC(=O)Nc2ccn(Cc3ccccc3)n2)c1. The highest BCUT2D eigenvalue weighted by Gasteiger charge is 2.05. The largest absolute Gasteiger partial charge is 0.334 e. The summed E-state index contributed by atoms with van der Waals surface area (Å²) in [6.45, 7) is 3.19. The standard InChI is InChI=1S/C19H20N4O/c1-15-6-5-9-17(12-15)13-20-19(24)21-18-10-11-23(22-18)14-16-7-3-2-4-8-16/h2-12H,13-14H2,1H3,(H2,20,21,22,24). The molecule has 3 rings (SSSR count). The van der Waals surface area contributed by atoms with Crippen molar-refractivity contribution in [2.24, 2.45) is 0 Å². The number of anilines is 1. The summed E-state index contributed by atoms with van der Waals surface area (Å²) in [6, 6.07) is 19.6. The molecule has 2 aromatic carbocycles. The van der Waals surface area contributed by atoms with Gasteiger partial charge in [-0.2, -0.15) is 5.10 Å². The van der Waals surface area contributed by atoms with Crippen LogP contribution in [0, 0.1) is 6.92 Å². The number of rotatable bonds is 5. The summed E-state index contributed by atoms with van der Waals surface area (Å²) in [4.78, 5) is 12.0. The molecule has 0 radical (unpaired) electrons. The number of carbonyl (C=O) groups is 1. The van der Waals surface area contributed by atoms with Crippen LogP contribution in [-0.4, -0.2) is 15.8 Å². The smallest absolute Gasteiger partial charge is 0.320 e. The number of amides is 2. The second kappa shape index (κ2) is 7.46. The van der Waals surface area contributed by atoms with E-state index in [9.17, 15) is 4.79 Å². The Morgan fingerprint density at radius 1 is 1.04 bits per heavy atom. The van der Waals surface area contributed by atoms with Crippen molar-refractivity contribution in [3.05, 3.63) is 83.6 Å². The molecule has 2 amide bonds. The molecule has 0 aliphatic rings. The van der Waals surface area contributed by atoms with E-state index in [1.54, 1.807) is 10.7 Å². The third kappa shape index (κ3) is 4.46. The van der Waals surface area contributed by atoms with Gasteiger partial charge in [0.15, 0.2) is 5.82 Å². The van der Waals surface area contributed by atoms with Gasteiger partial charge in [0.25, 0.3) is 0 Å². The highest BCUT2D eigenvalue weighted by atomic mass is 16.2. The Balaban J connectivity index is 1.51. The van der Waals surface area contributed by atoms with Crippen molar-refractivity contribution in [1.82, 2.24) is 15.1 Å². The molecule has 5 nitrogen and oxygen atoms in total. The Kier molecular flexibility index (Phi) is 4.91. The molecular formula is C19H20N4O. The van der Waals surface area contributed by atoms with Gasteiger partial charge in [0.1, 0.15) is 0 Å². The van der Waals surface area contributed by atoms with Crippen LogP contribution in [0.25, 0.3) is 0 Å². The first-order chi connectivity index (χ1) is 11.7. The molecule has 1 aromatic heterocycles. The van der Waals surface area contributed by atoms with Crippen molar-refractivity contribution in [1.29, 1.82) is 0 Å². The number of nitrogens with zero attached hydrogens (tertiary/aromatic N) is 2. The molecule has 24 heavy (non-hydrogen) atoms. The minimum atomic E-state index is -0.263. The first-order valence-corrected chi connectivity index (χ1v) is 7.87. The van der Waals surface area contributed by atoms with E-state index in [0.717, 1.165) is 11.1 Å². The van der Waals surface area contributed by atoms with E-state index in [-0.39, 0.29) is 6.03 Å². The lowest BCUT2D eigenvalue weighted by atomic mass is 10.1. The van der Waals surface area contributed by atoms with Crippen LogP contribution in [-0.2, 0) is 13.1 Å². The zero-order valence-corrected chi connectivity index (χ0v) is 13.6. The Bertz CT molecular complexity index is 811. The number of hydrogen-bond acceptors (Lipinski definition) is 2. The number of carbonyl (C=O) groups excluding carboxylic acids is 1. The number of urea groups is 1. The fourth-order valence-corrected chi connectivity index (χ4v) is 2.45. The molecule has 0 unspecified atom stereocenters. The van der Waals surface area contributed by atoms with Crippen molar-refractivity contribution >= 4 is 11.8 Å². The first-order valence-electron chi connectivity index (χ1n) is 7.87. The molecule has 0 saturated heterocycles. The van der Waals surface area contributed by atoms with Crippen LogP contribution < -0.4 is 10.6 Å². The average molecular weight is 320 g/mol. The van der Waals surface area contributed by atoms with Crippen LogP contribution >= 0.6 is 0 Å². The molecule has 5 heteroatoms. The molecule has 0 saturated carbocycles. The number of benzene rings is 2. The summed E-state index contributed by atoms with van der Waals surface area (Å²) < 4.78 is 1.80. The van der Waals surface area contributed by atoms with Gasteiger partial charge < -0.3 is 5.32 Å². The fraction of sp³-hybridized carbons (Fsp3) is 0.158. The van der Waals surface area contributed by atoms with Gasteiger partial charge in [0.05, 0.1) is 6.54 Å². The maximum absolute atomic E-state index is 12.0. The molecule has 0 fully saturated rings. The molecule has 0 spiro atoms. The quantitative estimate of drug-likeness (QED) is 0.755. The summed E-state index contributed by atoms with van der Waals surface area (Å²) >= 11 is 0. The fourth-order valence-electron chi connectivity index (χ4n) is 2.45. The van der Waals surface area contributed by atoms with Crippen molar-refractivity contribution in [3.63, 3.8) is 0 Å². The molecule has 3 aromatic rings. The molecule has 122 valence electrons. The van der Waals surface area contributed by atoms with E-state index >= 15 is 0 Å². The van der Waals surface area contributed by atoms with Crippen LogP contribution in [0.15, 0.2) is 66.9 Å². The van der Waals surface area contributed by atoms with E-state index < -0.39 is 0 Å². The van der Waals surface area contributed by atoms with Crippen LogP contribution in [0.4, 0.5) is 10.6 Å².